The summed E-state index contributed by atoms with van der Waals surface area (Å²) in [5.74, 6) is -0.453. The topological polar surface area (TPSA) is 75.7 Å². The molecule has 0 spiro atoms. The third-order valence-corrected chi connectivity index (χ3v) is 2.90. The molecule has 0 saturated carbocycles. The Bertz CT molecular complexity index is 366. The van der Waals surface area contributed by atoms with Gasteiger partial charge in [0.15, 0.2) is 0 Å². The minimum atomic E-state index is -0.451. The minimum Gasteiger partial charge on any atom is -0.466 e. The monoisotopic (exact) mass is 268 g/mol. The van der Waals surface area contributed by atoms with Crippen LogP contribution in [0.4, 0.5) is 0 Å². The Kier molecular flexibility index (Phi) is 6.63. The first kappa shape index (κ1) is 15.2. The normalized spacial score (nSPS) is 15.6. The lowest BCUT2D eigenvalue weighted by atomic mass is 10.1. The molecule has 1 N–H and O–H groups in total. The van der Waals surface area contributed by atoms with Crippen LogP contribution in [0, 0.1) is 0 Å². The molecule has 1 aliphatic heterocycles. The van der Waals surface area contributed by atoms with Crippen molar-refractivity contribution in [3.63, 3.8) is 0 Å². The van der Waals surface area contributed by atoms with Gasteiger partial charge in [-0.05, 0) is 12.8 Å². The smallest absolute Gasteiger partial charge is 0.330 e. The quantitative estimate of drug-likeness (QED) is 0.553. The van der Waals surface area contributed by atoms with Crippen LogP contribution in [0.25, 0.3) is 0 Å². The molecule has 0 radical (unpaired) electrons. The summed E-state index contributed by atoms with van der Waals surface area (Å²) in [4.78, 5) is 35.5. The third-order valence-electron chi connectivity index (χ3n) is 2.90. The maximum absolute atomic E-state index is 11.5. The fourth-order valence-corrected chi connectivity index (χ4v) is 1.82. The van der Waals surface area contributed by atoms with Crippen LogP contribution in [-0.4, -0.2) is 49.4 Å². The van der Waals surface area contributed by atoms with E-state index in [0.29, 0.717) is 13.0 Å². The molecule has 0 aromatic heterocycles. The molecule has 6 heteroatoms. The zero-order chi connectivity index (χ0) is 14.1. The molecule has 19 heavy (non-hydrogen) atoms. The molecule has 0 bridgehead atoms. The van der Waals surface area contributed by atoms with Crippen molar-refractivity contribution in [2.45, 2.75) is 25.7 Å². The molecule has 0 aromatic carbocycles. The summed E-state index contributed by atoms with van der Waals surface area (Å²) in [7, 11) is 1.29. The van der Waals surface area contributed by atoms with Gasteiger partial charge in [-0.1, -0.05) is 6.08 Å². The van der Waals surface area contributed by atoms with E-state index in [1.54, 1.807) is 4.90 Å². The van der Waals surface area contributed by atoms with Crippen LogP contribution in [0.1, 0.15) is 25.7 Å². The maximum atomic E-state index is 11.5. The molecule has 1 heterocycles. The Hall–Kier alpha value is -1.85. The second-order valence-corrected chi connectivity index (χ2v) is 4.32. The van der Waals surface area contributed by atoms with Crippen LogP contribution in [0.15, 0.2) is 12.2 Å². The van der Waals surface area contributed by atoms with Crippen molar-refractivity contribution >= 4 is 17.8 Å². The lowest BCUT2D eigenvalue weighted by Gasteiger charge is -2.26. The number of carbonyl (C=O) groups is 3. The van der Waals surface area contributed by atoms with Gasteiger partial charge in [-0.2, -0.15) is 0 Å². The van der Waals surface area contributed by atoms with Gasteiger partial charge in [0.25, 0.3) is 0 Å². The first-order valence-electron chi connectivity index (χ1n) is 6.42. The molecule has 0 aliphatic carbocycles. The van der Waals surface area contributed by atoms with Crippen LogP contribution < -0.4 is 5.32 Å². The van der Waals surface area contributed by atoms with Gasteiger partial charge < -0.3 is 15.0 Å². The van der Waals surface area contributed by atoms with E-state index in [1.807, 2.05) is 0 Å². The van der Waals surface area contributed by atoms with Crippen LogP contribution in [0.3, 0.4) is 0 Å². The Morgan fingerprint density at radius 2 is 2.21 bits per heavy atom. The summed E-state index contributed by atoms with van der Waals surface area (Å²) in [5, 5.41) is 2.65. The number of amides is 2. The summed E-state index contributed by atoms with van der Waals surface area (Å²) < 4.78 is 4.41. The van der Waals surface area contributed by atoms with E-state index in [9.17, 15) is 14.4 Å². The first-order valence-corrected chi connectivity index (χ1v) is 6.42. The second kappa shape index (κ2) is 8.29. The van der Waals surface area contributed by atoms with E-state index in [4.69, 9.17) is 0 Å². The van der Waals surface area contributed by atoms with Crippen molar-refractivity contribution in [1.29, 1.82) is 0 Å². The molecule has 6 nitrogen and oxygen atoms in total. The number of rotatable bonds is 6. The molecular formula is C13H20N2O4. The van der Waals surface area contributed by atoms with Gasteiger partial charge in [0, 0.05) is 38.6 Å². The summed E-state index contributed by atoms with van der Waals surface area (Å²) in [6.07, 6.45) is 5.61. The highest BCUT2D eigenvalue weighted by atomic mass is 16.5. The highest BCUT2D eigenvalue weighted by Crippen LogP contribution is 2.10. The Labute approximate surface area is 112 Å². The summed E-state index contributed by atoms with van der Waals surface area (Å²) in [6.45, 7) is 1.49. The van der Waals surface area contributed by atoms with E-state index < -0.39 is 5.97 Å². The zero-order valence-electron chi connectivity index (χ0n) is 11.2. The highest BCUT2D eigenvalue weighted by molar-refractivity contribution is 5.82. The highest BCUT2D eigenvalue weighted by Gasteiger charge is 2.18. The molecule has 1 rings (SSSR count). The van der Waals surface area contributed by atoms with Crippen molar-refractivity contribution in [3.8, 4) is 0 Å². The van der Waals surface area contributed by atoms with Gasteiger partial charge in [0.05, 0.1) is 7.11 Å². The first-order chi connectivity index (χ1) is 9.13. The van der Waals surface area contributed by atoms with Crippen LogP contribution in [0.5, 0.6) is 0 Å². The number of ether oxygens (including phenoxy) is 1. The lowest BCUT2D eigenvalue weighted by molar-refractivity contribution is -0.135. The molecule has 0 atom stereocenters. The molecule has 1 aliphatic rings. The fraction of sp³-hybridized carbons (Fsp3) is 0.615. The summed E-state index contributed by atoms with van der Waals surface area (Å²) in [6, 6.07) is 0. The molecule has 1 saturated heterocycles. The fourth-order valence-electron chi connectivity index (χ4n) is 1.82. The average Bonchev–Trinajstić information content (AvgIpc) is 2.42. The van der Waals surface area contributed by atoms with Crippen LogP contribution in [0.2, 0.25) is 0 Å². The predicted octanol–water partition coefficient (Wildman–Crippen LogP) is 0.234. The third kappa shape index (κ3) is 6.03. The Morgan fingerprint density at radius 1 is 1.42 bits per heavy atom. The number of methoxy groups -OCH3 is 1. The number of esters is 1. The number of hydrogen-bond acceptors (Lipinski definition) is 4. The van der Waals surface area contributed by atoms with Crippen molar-refractivity contribution in [1.82, 2.24) is 10.2 Å². The molecular weight excluding hydrogens is 248 g/mol. The van der Waals surface area contributed by atoms with Crippen molar-refractivity contribution in [3.05, 3.63) is 12.2 Å². The molecule has 0 unspecified atom stereocenters. The largest absolute Gasteiger partial charge is 0.466 e. The Morgan fingerprint density at radius 3 is 2.89 bits per heavy atom. The van der Waals surface area contributed by atoms with E-state index in [0.717, 1.165) is 19.4 Å². The van der Waals surface area contributed by atoms with E-state index >= 15 is 0 Å². The lowest BCUT2D eigenvalue weighted by Crippen LogP contribution is -2.38. The number of piperidine rings is 1. The minimum absolute atomic E-state index is 0.129. The molecule has 2 amide bonds. The van der Waals surface area contributed by atoms with Gasteiger partial charge >= 0.3 is 5.97 Å². The number of carbonyl (C=O) groups excluding carboxylic acids is 3. The SMILES string of the molecule is COC(=O)/C=C/CNC(=O)CCN1CCCCC1=O. The Balaban J connectivity index is 2.15. The second-order valence-electron chi connectivity index (χ2n) is 4.32. The van der Waals surface area contributed by atoms with Crippen LogP contribution in [-0.2, 0) is 19.1 Å². The van der Waals surface area contributed by atoms with Crippen LogP contribution >= 0.6 is 0 Å². The van der Waals surface area contributed by atoms with Gasteiger partial charge in [-0.15, -0.1) is 0 Å². The predicted molar refractivity (Wildman–Crippen MR) is 69.2 cm³/mol. The van der Waals surface area contributed by atoms with Gasteiger partial charge in [-0.3, -0.25) is 9.59 Å². The summed E-state index contributed by atoms with van der Waals surface area (Å²) >= 11 is 0. The van der Waals surface area contributed by atoms with E-state index in [1.165, 1.54) is 19.3 Å². The number of nitrogens with zero attached hydrogens (tertiary/aromatic N) is 1. The maximum Gasteiger partial charge on any atom is 0.330 e. The molecule has 106 valence electrons. The number of hydrogen-bond donors (Lipinski definition) is 1. The number of likely N-dealkylation sites (tertiary alicyclic amines) is 1. The van der Waals surface area contributed by atoms with Gasteiger partial charge in [0.2, 0.25) is 11.8 Å². The molecule has 1 fully saturated rings. The van der Waals surface area contributed by atoms with Crippen molar-refractivity contribution < 1.29 is 19.1 Å². The van der Waals surface area contributed by atoms with Gasteiger partial charge in [0.1, 0.15) is 0 Å². The van der Waals surface area contributed by atoms with E-state index in [2.05, 4.69) is 10.1 Å². The van der Waals surface area contributed by atoms with Crippen molar-refractivity contribution in [2.24, 2.45) is 0 Å². The zero-order valence-corrected chi connectivity index (χ0v) is 11.2. The van der Waals surface area contributed by atoms with E-state index in [-0.39, 0.29) is 24.8 Å². The number of nitrogens with one attached hydrogen (secondary N) is 1. The summed E-state index contributed by atoms with van der Waals surface area (Å²) in [5.41, 5.74) is 0. The average molecular weight is 268 g/mol. The standard InChI is InChI=1S/C13H20N2O4/c1-19-13(18)6-4-8-14-11(16)7-10-15-9-3-2-5-12(15)17/h4,6H,2-3,5,7-10H2,1H3,(H,14,16)/b6-4+. The van der Waals surface area contributed by atoms with Gasteiger partial charge in [-0.25, -0.2) is 4.79 Å². The molecule has 0 aromatic rings. The van der Waals surface area contributed by atoms with Crippen molar-refractivity contribution in [2.75, 3.05) is 26.7 Å².